The van der Waals surface area contributed by atoms with E-state index in [2.05, 4.69) is 27.1 Å². The van der Waals surface area contributed by atoms with Crippen LogP contribution in [0, 0.1) is 5.41 Å². The van der Waals surface area contributed by atoms with E-state index in [0.717, 1.165) is 32.5 Å². The Kier molecular flexibility index (Phi) is 4.62. The Morgan fingerprint density at radius 2 is 2.19 bits per heavy atom. The molecule has 1 unspecified atom stereocenters. The van der Waals surface area contributed by atoms with E-state index in [1.165, 1.54) is 18.5 Å². The summed E-state index contributed by atoms with van der Waals surface area (Å²) in [6.07, 6.45) is 5.19. The number of rotatable bonds is 5. The maximum absolute atomic E-state index is 12.6. The molecule has 0 N–H and O–H groups in total. The number of ether oxygens (including phenoxy) is 1. The van der Waals surface area contributed by atoms with E-state index in [1.807, 2.05) is 16.5 Å². The van der Waals surface area contributed by atoms with Crippen molar-refractivity contribution in [1.82, 2.24) is 25.0 Å². The highest BCUT2D eigenvalue weighted by Gasteiger charge is 2.56. The number of amides is 1. The maximum Gasteiger partial charge on any atom is 0.274 e. The van der Waals surface area contributed by atoms with Gasteiger partial charge in [-0.3, -0.25) is 9.69 Å². The first-order valence-electron chi connectivity index (χ1n) is 8.87. The molecule has 1 aliphatic carbocycles. The third-order valence-electron chi connectivity index (χ3n) is 5.66. The number of aromatic nitrogens is 3. The molecule has 1 atom stereocenters. The van der Waals surface area contributed by atoms with E-state index < -0.39 is 0 Å². The minimum Gasteiger partial charge on any atom is -0.480 e. The molecule has 8 heteroatoms. The molecule has 2 fully saturated rings. The monoisotopic (exact) mass is 373 g/mol. The third kappa shape index (κ3) is 3.31. The topological polar surface area (TPSA) is 71.5 Å². The molecule has 0 bridgehead atoms. The van der Waals surface area contributed by atoms with Gasteiger partial charge in [0.1, 0.15) is 5.01 Å². The first kappa shape index (κ1) is 17.4. The molecule has 138 valence electrons. The second-order valence-electron chi connectivity index (χ2n) is 7.18. The van der Waals surface area contributed by atoms with Crippen molar-refractivity contribution in [2.75, 3.05) is 27.2 Å². The summed E-state index contributed by atoms with van der Waals surface area (Å²) in [6.45, 7) is 2.48. The molecule has 1 saturated carbocycles. The lowest BCUT2D eigenvalue weighted by molar-refractivity contribution is 0.0650. The van der Waals surface area contributed by atoms with Gasteiger partial charge in [0.15, 0.2) is 5.69 Å². The van der Waals surface area contributed by atoms with Crippen LogP contribution in [-0.4, -0.2) is 64.2 Å². The summed E-state index contributed by atoms with van der Waals surface area (Å²) in [5, 5.41) is 11.1. The first-order chi connectivity index (χ1) is 12.6. The van der Waals surface area contributed by atoms with Crippen molar-refractivity contribution in [3.8, 4) is 5.88 Å². The third-order valence-corrected chi connectivity index (χ3v) is 6.43. The van der Waals surface area contributed by atoms with Crippen molar-refractivity contribution in [2.24, 2.45) is 5.41 Å². The Morgan fingerprint density at radius 1 is 1.38 bits per heavy atom. The van der Waals surface area contributed by atoms with Crippen LogP contribution in [0.2, 0.25) is 0 Å². The van der Waals surface area contributed by atoms with Gasteiger partial charge in [0.2, 0.25) is 5.88 Å². The van der Waals surface area contributed by atoms with Crippen LogP contribution in [0.3, 0.4) is 0 Å². The smallest absolute Gasteiger partial charge is 0.274 e. The van der Waals surface area contributed by atoms with Gasteiger partial charge in [0.25, 0.3) is 5.91 Å². The van der Waals surface area contributed by atoms with Gasteiger partial charge in [-0.1, -0.05) is 0 Å². The van der Waals surface area contributed by atoms with Gasteiger partial charge >= 0.3 is 0 Å². The number of carbonyl (C=O) groups is 1. The number of methoxy groups -OCH3 is 1. The van der Waals surface area contributed by atoms with Gasteiger partial charge < -0.3 is 9.64 Å². The zero-order valence-corrected chi connectivity index (χ0v) is 15.9. The summed E-state index contributed by atoms with van der Waals surface area (Å²) in [4.78, 5) is 21.3. The zero-order chi connectivity index (χ0) is 18.1. The number of piperidine rings is 1. The van der Waals surface area contributed by atoms with E-state index in [-0.39, 0.29) is 5.91 Å². The predicted octanol–water partition coefficient (Wildman–Crippen LogP) is 2.07. The second kappa shape index (κ2) is 6.92. The lowest BCUT2D eigenvalue weighted by atomic mass is 9.92. The van der Waals surface area contributed by atoms with Crippen molar-refractivity contribution in [2.45, 2.75) is 31.8 Å². The second-order valence-corrected chi connectivity index (χ2v) is 8.16. The summed E-state index contributed by atoms with van der Waals surface area (Å²) in [7, 11) is 3.72. The van der Waals surface area contributed by atoms with Crippen molar-refractivity contribution in [3.05, 3.63) is 34.4 Å². The molecule has 4 rings (SSSR count). The Labute approximate surface area is 157 Å². The highest BCUT2D eigenvalue weighted by atomic mass is 32.1. The summed E-state index contributed by atoms with van der Waals surface area (Å²) in [6, 6.07) is 3.96. The molecule has 2 aliphatic rings. The largest absolute Gasteiger partial charge is 0.480 e. The SMILES string of the molecule is COc1ccc(C(=O)N2CCC3(CC2)CC3N(C)Cc2nccs2)nn1. The zero-order valence-electron chi connectivity index (χ0n) is 15.1. The Hall–Kier alpha value is -2.06. The summed E-state index contributed by atoms with van der Waals surface area (Å²) >= 11 is 1.71. The molecule has 26 heavy (non-hydrogen) atoms. The minimum absolute atomic E-state index is 0.0386. The van der Waals surface area contributed by atoms with Gasteiger partial charge in [-0.2, -0.15) is 0 Å². The molecular formula is C18H23N5O2S. The van der Waals surface area contributed by atoms with Gasteiger partial charge in [-0.05, 0) is 37.8 Å². The van der Waals surface area contributed by atoms with Crippen LogP contribution in [-0.2, 0) is 6.54 Å². The van der Waals surface area contributed by atoms with Gasteiger partial charge in [-0.25, -0.2) is 4.98 Å². The average Bonchev–Trinajstić information content (AvgIpc) is 3.12. The normalized spacial score (nSPS) is 21.2. The van der Waals surface area contributed by atoms with Crippen LogP contribution in [0.5, 0.6) is 5.88 Å². The molecule has 1 saturated heterocycles. The van der Waals surface area contributed by atoms with Gasteiger partial charge in [0, 0.05) is 36.8 Å². The van der Waals surface area contributed by atoms with Gasteiger partial charge in [-0.15, -0.1) is 21.5 Å². The van der Waals surface area contributed by atoms with Crippen LogP contribution < -0.4 is 4.74 Å². The fraction of sp³-hybridized carbons (Fsp3) is 0.556. The number of hydrogen-bond donors (Lipinski definition) is 0. The Bertz CT molecular complexity index is 756. The lowest BCUT2D eigenvalue weighted by Crippen LogP contribution is -2.41. The quantitative estimate of drug-likeness (QED) is 0.799. The molecule has 3 heterocycles. The lowest BCUT2D eigenvalue weighted by Gasteiger charge is -2.33. The molecule has 2 aromatic rings. The van der Waals surface area contributed by atoms with E-state index >= 15 is 0 Å². The molecule has 1 aliphatic heterocycles. The Morgan fingerprint density at radius 3 is 2.81 bits per heavy atom. The molecule has 0 aromatic carbocycles. The fourth-order valence-corrected chi connectivity index (χ4v) is 4.68. The van der Waals surface area contributed by atoms with Crippen LogP contribution >= 0.6 is 11.3 Å². The van der Waals surface area contributed by atoms with Crippen LogP contribution in [0.4, 0.5) is 0 Å². The van der Waals surface area contributed by atoms with E-state index in [1.54, 1.807) is 23.5 Å². The standard InChI is InChI=1S/C18H23N5O2S/c1-22(12-16-19-7-10-26-16)14-11-18(14)5-8-23(9-6-18)17(24)13-3-4-15(25-2)21-20-13/h3-4,7,10,14H,5-6,8-9,11-12H2,1-2H3. The fourth-order valence-electron chi connectivity index (χ4n) is 4.00. The van der Waals surface area contributed by atoms with Crippen LogP contribution in [0.25, 0.3) is 0 Å². The van der Waals surface area contributed by atoms with Crippen LogP contribution in [0.1, 0.15) is 34.8 Å². The van der Waals surface area contributed by atoms with Crippen molar-refractivity contribution < 1.29 is 9.53 Å². The van der Waals surface area contributed by atoms with Gasteiger partial charge in [0.05, 0.1) is 13.7 Å². The molecule has 2 aromatic heterocycles. The van der Waals surface area contributed by atoms with Crippen molar-refractivity contribution >= 4 is 17.2 Å². The maximum atomic E-state index is 12.6. The van der Waals surface area contributed by atoms with E-state index in [9.17, 15) is 4.79 Å². The van der Waals surface area contributed by atoms with Crippen LogP contribution in [0.15, 0.2) is 23.7 Å². The van der Waals surface area contributed by atoms with Crippen molar-refractivity contribution in [1.29, 1.82) is 0 Å². The van der Waals surface area contributed by atoms with E-state index in [4.69, 9.17) is 4.74 Å². The van der Waals surface area contributed by atoms with Crippen molar-refractivity contribution in [3.63, 3.8) is 0 Å². The molecule has 0 radical (unpaired) electrons. The number of thiazole rings is 1. The number of carbonyl (C=O) groups excluding carboxylic acids is 1. The predicted molar refractivity (Wildman–Crippen MR) is 98.1 cm³/mol. The summed E-state index contributed by atoms with van der Waals surface area (Å²) in [5.41, 5.74) is 0.754. The first-order valence-corrected chi connectivity index (χ1v) is 9.75. The Balaban J connectivity index is 1.32. The highest BCUT2D eigenvalue weighted by molar-refractivity contribution is 7.09. The molecular weight excluding hydrogens is 350 g/mol. The molecule has 1 spiro atoms. The summed E-state index contributed by atoms with van der Waals surface area (Å²) in [5.74, 6) is 0.381. The highest BCUT2D eigenvalue weighted by Crippen LogP contribution is 2.56. The van der Waals surface area contributed by atoms with E-state index in [0.29, 0.717) is 23.0 Å². The average molecular weight is 373 g/mol. The molecule has 1 amide bonds. The minimum atomic E-state index is -0.0386. The number of likely N-dealkylation sites (tertiary alicyclic amines) is 1. The summed E-state index contributed by atoms with van der Waals surface area (Å²) < 4.78 is 4.99. The number of nitrogens with zero attached hydrogens (tertiary/aromatic N) is 5. The number of hydrogen-bond acceptors (Lipinski definition) is 7. The molecule has 7 nitrogen and oxygen atoms in total.